The molecule has 1 atom stereocenters. The SMILES string of the molecule is CN1C[C@@](C)(C#N)c2cc(C(=O)NCc3cc4nc(-c5ccccc5)ccc4cn3)ccc21. The third kappa shape index (κ3) is 3.79. The highest BCUT2D eigenvalue weighted by molar-refractivity contribution is 5.95. The highest BCUT2D eigenvalue weighted by Crippen LogP contribution is 2.39. The number of aromatic nitrogens is 2. The van der Waals surface area contributed by atoms with E-state index in [1.165, 1.54) is 0 Å². The molecule has 1 aliphatic rings. The second kappa shape index (κ2) is 8.03. The molecule has 0 aliphatic carbocycles. The van der Waals surface area contributed by atoms with Crippen molar-refractivity contribution in [3.8, 4) is 17.3 Å². The van der Waals surface area contributed by atoms with Gasteiger partial charge in [0.05, 0.1) is 34.9 Å². The van der Waals surface area contributed by atoms with E-state index in [0.29, 0.717) is 18.7 Å². The molecule has 4 aromatic rings. The molecule has 0 radical (unpaired) electrons. The summed E-state index contributed by atoms with van der Waals surface area (Å²) < 4.78 is 0. The number of benzene rings is 2. The van der Waals surface area contributed by atoms with Crippen molar-refractivity contribution in [2.24, 2.45) is 0 Å². The summed E-state index contributed by atoms with van der Waals surface area (Å²) in [7, 11) is 1.96. The van der Waals surface area contributed by atoms with Crippen molar-refractivity contribution >= 4 is 22.5 Å². The Morgan fingerprint density at radius 2 is 1.97 bits per heavy atom. The van der Waals surface area contributed by atoms with Gasteiger partial charge in [-0.2, -0.15) is 5.26 Å². The summed E-state index contributed by atoms with van der Waals surface area (Å²) in [6, 6.07) is 23.9. The molecule has 0 bridgehead atoms. The lowest BCUT2D eigenvalue weighted by Crippen LogP contribution is -2.27. The highest BCUT2D eigenvalue weighted by atomic mass is 16.1. The van der Waals surface area contributed by atoms with E-state index in [4.69, 9.17) is 4.98 Å². The number of fused-ring (bicyclic) bond motifs is 2. The van der Waals surface area contributed by atoms with E-state index in [0.717, 1.165) is 39.1 Å². The Morgan fingerprint density at radius 3 is 2.76 bits per heavy atom. The molecule has 0 fully saturated rings. The first-order chi connectivity index (χ1) is 16.0. The van der Waals surface area contributed by atoms with Gasteiger partial charge in [-0.1, -0.05) is 30.3 Å². The Morgan fingerprint density at radius 1 is 1.15 bits per heavy atom. The Hall–Kier alpha value is -4.24. The summed E-state index contributed by atoms with van der Waals surface area (Å²) in [6.45, 7) is 2.81. The van der Waals surface area contributed by atoms with Crippen molar-refractivity contribution in [3.63, 3.8) is 0 Å². The lowest BCUT2D eigenvalue weighted by molar-refractivity contribution is 0.0950. The average Bonchev–Trinajstić information content (AvgIpc) is 3.12. The van der Waals surface area contributed by atoms with Gasteiger partial charge in [0.25, 0.3) is 5.91 Å². The van der Waals surface area contributed by atoms with E-state index in [-0.39, 0.29) is 5.91 Å². The Labute approximate surface area is 192 Å². The number of amides is 1. The quantitative estimate of drug-likeness (QED) is 0.514. The van der Waals surface area contributed by atoms with Gasteiger partial charge in [0, 0.05) is 42.0 Å². The molecule has 5 rings (SSSR count). The summed E-state index contributed by atoms with van der Waals surface area (Å²) in [5.41, 5.74) is 5.31. The van der Waals surface area contributed by atoms with Gasteiger partial charge in [0.2, 0.25) is 0 Å². The summed E-state index contributed by atoms with van der Waals surface area (Å²) in [6.07, 6.45) is 1.78. The molecular formula is C27H23N5O. The van der Waals surface area contributed by atoms with Crippen molar-refractivity contribution in [3.05, 3.63) is 89.7 Å². The molecule has 0 saturated heterocycles. The number of hydrogen-bond acceptors (Lipinski definition) is 5. The highest BCUT2D eigenvalue weighted by Gasteiger charge is 2.38. The number of nitrogens with zero attached hydrogens (tertiary/aromatic N) is 4. The van der Waals surface area contributed by atoms with Crippen LogP contribution in [-0.2, 0) is 12.0 Å². The molecule has 2 aromatic carbocycles. The van der Waals surface area contributed by atoms with Crippen LogP contribution in [0, 0.1) is 11.3 Å². The van der Waals surface area contributed by atoms with Crippen LogP contribution in [0.1, 0.15) is 28.5 Å². The van der Waals surface area contributed by atoms with Gasteiger partial charge in [-0.25, -0.2) is 4.98 Å². The van der Waals surface area contributed by atoms with Crippen LogP contribution in [0.15, 0.2) is 72.9 Å². The molecule has 1 amide bonds. The molecule has 1 aliphatic heterocycles. The zero-order valence-electron chi connectivity index (χ0n) is 18.5. The van der Waals surface area contributed by atoms with Crippen molar-refractivity contribution < 1.29 is 4.79 Å². The number of pyridine rings is 2. The van der Waals surface area contributed by atoms with Gasteiger partial charge in [-0.05, 0) is 48.9 Å². The number of nitriles is 1. The molecule has 3 heterocycles. The maximum absolute atomic E-state index is 12.9. The number of likely N-dealkylation sites (N-methyl/N-ethyl adjacent to an activating group) is 1. The predicted octanol–water partition coefficient (Wildman–Crippen LogP) is 4.46. The topological polar surface area (TPSA) is 81.9 Å². The monoisotopic (exact) mass is 433 g/mol. The fraction of sp³-hybridized carbons (Fsp3) is 0.185. The van der Waals surface area contributed by atoms with Crippen molar-refractivity contribution in [2.75, 3.05) is 18.5 Å². The van der Waals surface area contributed by atoms with Gasteiger partial charge in [0.15, 0.2) is 0 Å². The molecule has 0 saturated carbocycles. The standard InChI is InChI=1S/C27H23N5O/c1-27(16-28)17-32(2)25-11-9-19(12-22(25)27)26(33)30-15-21-13-24-20(14-29-21)8-10-23(31-24)18-6-4-3-5-7-18/h3-14H,15,17H2,1-2H3,(H,30,33)/t27-/m1/s1. The minimum Gasteiger partial charge on any atom is -0.372 e. The average molecular weight is 434 g/mol. The first-order valence-corrected chi connectivity index (χ1v) is 10.8. The number of carbonyl (C=O) groups excluding carboxylic acids is 1. The zero-order valence-corrected chi connectivity index (χ0v) is 18.5. The number of rotatable bonds is 4. The first-order valence-electron chi connectivity index (χ1n) is 10.8. The lowest BCUT2D eigenvalue weighted by atomic mass is 9.85. The summed E-state index contributed by atoms with van der Waals surface area (Å²) >= 11 is 0. The van der Waals surface area contributed by atoms with Crippen LogP contribution in [0.3, 0.4) is 0 Å². The zero-order chi connectivity index (χ0) is 23.0. The Balaban J connectivity index is 1.35. The summed E-state index contributed by atoms with van der Waals surface area (Å²) in [4.78, 5) is 24.2. The molecule has 1 N–H and O–H groups in total. The van der Waals surface area contributed by atoms with Crippen molar-refractivity contribution in [1.29, 1.82) is 5.26 Å². The molecule has 33 heavy (non-hydrogen) atoms. The maximum Gasteiger partial charge on any atom is 0.251 e. The molecule has 2 aromatic heterocycles. The van der Waals surface area contributed by atoms with Gasteiger partial charge in [0.1, 0.15) is 0 Å². The van der Waals surface area contributed by atoms with Crippen LogP contribution in [0.4, 0.5) is 5.69 Å². The van der Waals surface area contributed by atoms with Gasteiger partial charge < -0.3 is 10.2 Å². The fourth-order valence-corrected chi connectivity index (χ4v) is 4.39. The first kappa shape index (κ1) is 20.7. The van der Waals surface area contributed by atoms with E-state index >= 15 is 0 Å². The van der Waals surface area contributed by atoms with E-state index in [1.807, 2.05) is 74.6 Å². The predicted molar refractivity (Wildman–Crippen MR) is 129 cm³/mol. The lowest BCUT2D eigenvalue weighted by Gasteiger charge is -2.15. The third-order valence-electron chi connectivity index (χ3n) is 6.19. The second-order valence-corrected chi connectivity index (χ2v) is 8.65. The molecule has 0 spiro atoms. The van der Waals surface area contributed by atoms with Crippen LogP contribution in [0.25, 0.3) is 22.2 Å². The number of anilines is 1. The van der Waals surface area contributed by atoms with E-state index in [2.05, 4.69) is 21.3 Å². The fourth-order valence-electron chi connectivity index (χ4n) is 4.39. The van der Waals surface area contributed by atoms with Gasteiger partial charge >= 0.3 is 0 Å². The second-order valence-electron chi connectivity index (χ2n) is 8.65. The molecule has 6 nitrogen and oxygen atoms in total. The number of carbonyl (C=O) groups is 1. The number of nitrogens with one attached hydrogen (secondary N) is 1. The van der Waals surface area contributed by atoms with Crippen LogP contribution in [-0.4, -0.2) is 29.5 Å². The van der Waals surface area contributed by atoms with Crippen LogP contribution in [0.5, 0.6) is 0 Å². The van der Waals surface area contributed by atoms with E-state index in [1.54, 1.807) is 12.3 Å². The smallest absolute Gasteiger partial charge is 0.251 e. The largest absolute Gasteiger partial charge is 0.372 e. The molecule has 162 valence electrons. The van der Waals surface area contributed by atoms with Gasteiger partial charge in [-0.3, -0.25) is 9.78 Å². The minimum atomic E-state index is -0.623. The van der Waals surface area contributed by atoms with Crippen molar-refractivity contribution in [2.45, 2.75) is 18.9 Å². The molecular weight excluding hydrogens is 410 g/mol. The van der Waals surface area contributed by atoms with Crippen LogP contribution < -0.4 is 10.2 Å². The molecule has 6 heteroatoms. The Kier molecular flexibility index (Phi) is 5.02. The summed E-state index contributed by atoms with van der Waals surface area (Å²) in [5.74, 6) is -0.194. The van der Waals surface area contributed by atoms with Gasteiger partial charge in [-0.15, -0.1) is 0 Å². The minimum absolute atomic E-state index is 0.194. The number of hydrogen-bond donors (Lipinski definition) is 1. The summed E-state index contributed by atoms with van der Waals surface area (Å²) in [5, 5.41) is 13.6. The Bertz CT molecular complexity index is 1410. The van der Waals surface area contributed by atoms with Crippen molar-refractivity contribution in [1.82, 2.24) is 15.3 Å². The van der Waals surface area contributed by atoms with E-state index < -0.39 is 5.41 Å². The van der Waals surface area contributed by atoms with Crippen LogP contribution >= 0.6 is 0 Å². The third-order valence-corrected chi connectivity index (χ3v) is 6.19. The molecule has 0 unspecified atom stereocenters. The van der Waals surface area contributed by atoms with E-state index in [9.17, 15) is 10.1 Å². The van der Waals surface area contributed by atoms with Crippen LogP contribution in [0.2, 0.25) is 0 Å². The normalized spacial score (nSPS) is 16.9. The maximum atomic E-state index is 12.9.